The summed E-state index contributed by atoms with van der Waals surface area (Å²) in [6.07, 6.45) is 0.791. The summed E-state index contributed by atoms with van der Waals surface area (Å²) in [5.74, 6) is 1.24. The molecule has 1 atom stereocenters. The highest BCUT2D eigenvalue weighted by Gasteiger charge is 2.22. The first-order chi connectivity index (χ1) is 15.6. The van der Waals surface area contributed by atoms with Gasteiger partial charge in [-0.15, -0.1) is 21.5 Å². The molecule has 0 saturated heterocycles. The van der Waals surface area contributed by atoms with Crippen LogP contribution in [0.1, 0.15) is 17.4 Å². The topological polar surface area (TPSA) is 73.1 Å². The van der Waals surface area contributed by atoms with Crippen LogP contribution in [0.5, 0.6) is 5.75 Å². The van der Waals surface area contributed by atoms with Crippen LogP contribution in [-0.2, 0) is 24.3 Å². The van der Waals surface area contributed by atoms with Crippen LogP contribution in [-0.4, -0.2) is 44.2 Å². The number of thiophene rings is 1. The molecular weight excluding hydrogens is 422 g/mol. The number of carbonyl (C=O) groups is 1. The molecular formula is C24H25N5O2S. The summed E-state index contributed by atoms with van der Waals surface area (Å²) < 4.78 is 5.25. The lowest BCUT2D eigenvalue weighted by molar-refractivity contribution is -0.135. The quantitative estimate of drug-likeness (QED) is 0.387. The van der Waals surface area contributed by atoms with E-state index in [1.807, 2.05) is 65.6 Å². The standard InChI is InChI=1S/C24H25N5O2S/c1-18(15-22-9-6-14-32-22)28(16-19-10-12-21(31-2)13-11-19)23(30)17-29-26-24(25-27-29)20-7-4-3-5-8-20/h3-14,18H,15-17H2,1-2H3. The third-order valence-corrected chi connectivity index (χ3v) is 6.10. The van der Waals surface area contributed by atoms with E-state index < -0.39 is 0 Å². The lowest BCUT2D eigenvalue weighted by atomic mass is 10.1. The van der Waals surface area contributed by atoms with E-state index in [0.717, 1.165) is 23.3 Å². The van der Waals surface area contributed by atoms with Crippen molar-refractivity contribution < 1.29 is 9.53 Å². The van der Waals surface area contributed by atoms with Gasteiger partial charge in [-0.3, -0.25) is 4.79 Å². The zero-order valence-electron chi connectivity index (χ0n) is 18.1. The molecule has 2 aromatic carbocycles. The minimum atomic E-state index is -0.0538. The Hall–Kier alpha value is -3.52. The van der Waals surface area contributed by atoms with Crippen LogP contribution in [0.15, 0.2) is 72.1 Å². The lowest BCUT2D eigenvalue weighted by Gasteiger charge is -2.29. The molecule has 7 nitrogen and oxygen atoms in total. The highest BCUT2D eigenvalue weighted by Crippen LogP contribution is 2.19. The highest BCUT2D eigenvalue weighted by molar-refractivity contribution is 7.09. The van der Waals surface area contributed by atoms with E-state index in [2.05, 4.69) is 33.8 Å². The molecule has 0 aliphatic heterocycles. The van der Waals surface area contributed by atoms with Gasteiger partial charge < -0.3 is 9.64 Å². The van der Waals surface area contributed by atoms with E-state index in [1.54, 1.807) is 18.4 Å². The second-order valence-corrected chi connectivity index (χ2v) is 8.54. The van der Waals surface area contributed by atoms with Crippen LogP contribution in [0.3, 0.4) is 0 Å². The first kappa shape index (κ1) is 21.7. The molecule has 0 bridgehead atoms. The molecule has 0 aliphatic carbocycles. The Morgan fingerprint density at radius 3 is 2.56 bits per heavy atom. The highest BCUT2D eigenvalue weighted by atomic mass is 32.1. The second-order valence-electron chi connectivity index (χ2n) is 7.51. The predicted octanol–water partition coefficient (Wildman–Crippen LogP) is 4.07. The Bertz CT molecular complexity index is 1130. The van der Waals surface area contributed by atoms with E-state index in [-0.39, 0.29) is 18.5 Å². The second kappa shape index (κ2) is 10.2. The first-order valence-corrected chi connectivity index (χ1v) is 11.3. The Kier molecular flexibility index (Phi) is 6.91. The van der Waals surface area contributed by atoms with Crippen LogP contribution in [0.25, 0.3) is 11.4 Å². The maximum absolute atomic E-state index is 13.3. The van der Waals surface area contributed by atoms with Crippen molar-refractivity contribution in [1.82, 2.24) is 25.1 Å². The number of ether oxygens (including phenoxy) is 1. The molecule has 0 N–H and O–H groups in total. The van der Waals surface area contributed by atoms with Crippen LogP contribution in [0, 0.1) is 0 Å². The average molecular weight is 448 g/mol. The maximum Gasteiger partial charge on any atom is 0.246 e. The number of carbonyl (C=O) groups excluding carboxylic acids is 1. The van der Waals surface area contributed by atoms with Gasteiger partial charge in [-0.05, 0) is 41.3 Å². The molecule has 32 heavy (non-hydrogen) atoms. The van der Waals surface area contributed by atoms with E-state index in [9.17, 15) is 4.79 Å². The summed E-state index contributed by atoms with van der Waals surface area (Å²) in [4.78, 5) is 17.8. The van der Waals surface area contributed by atoms with Gasteiger partial charge in [0.15, 0.2) is 0 Å². The molecule has 2 aromatic heterocycles. The number of benzene rings is 2. The minimum absolute atomic E-state index is 0.0142. The summed E-state index contributed by atoms with van der Waals surface area (Å²) in [7, 11) is 1.64. The zero-order valence-corrected chi connectivity index (χ0v) is 18.9. The summed E-state index contributed by atoms with van der Waals surface area (Å²) in [5, 5.41) is 14.7. The van der Waals surface area contributed by atoms with Crippen LogP contribution < -0.4 is 4.74 Å². The van der Waals surface area contributed by atoms with Crippen molar-refractivity contribution in [2.45, 2.75) is 32.5 Å². The lowest BCUT2D eigenvalue weighted by Crippen LogP contribution is -2.41. The third kappa shape index (κ3) is 5.39. The van der Waals surface area contributed by atoms with Gasteiger partial charge in [0.1, 0.15) is 12.3 Å². The first-order valence-electron chi connectivity index (χ1n) is 10.4. The number of amides is 1. The van der Waals surface area contributed by atoms with E-state index in [1.165, 1.54) is 9.67 Å². The maximum atomic E-state index is 13.3. The largest absolute Gasteiger partial charge is 0.497 e. The molecule has 164 valence electrons. The molecule has 1 unspecified atom stereocenters. The number of aromatic nitrogens is 4. The molecule has 2 heterocycles. The summed E-state index contributed by atoms with van der Waals surface area (Å²) >= 11 is 1.70. The van der Waals surface area contributed by atoms with E-state index in [4.69, 9.17) is 4.74 Å². The number of hydrogen-bond donors (Lipinski definition) is 0. The van der Waals surface area contributed by atoms with Crippen molar-refractivity contribution in [3.63, 3.8) is 0 Å². The summed E-state index contributed by atoms with van der Waals surface area (Å²) in [5.41, 5.74) is 1.90. The molecule has 1 amide bonds. The average Bonchev–Trinajstić information content (AvgIpc) is 3.50. The van der Waals surface area contributed by atoms with Gasteiger partial charge in [-0.2, -0.15) is 4.80 Å². The summed E-state index contributed by atoms with van der Waals surface area (Å²) in [6, 6.07) is 21.5. The molecule has 0 fully saturated rings. The SMILES string of the molecule is COc1ccc(CN(C(=O)Cn2nnc(-c3ccccc3)n2)C(C)Cc2cccs2)cc1. The molecule has 0 saturated carbocycles. The molecule has 0 radical (unpaired) electrons. The van der Waals surface area contributed by atoms with Gasteiger partial charge in [0.25, 0.3) is 0 Å². The van der Waals surface area contributed by atoms with Crippen LogP contribution in [0.2, 0.25) is 0 Å². The number of hydrogen-bond acceptors (Lipinski definition) is 6. The van der Waals surface area contributed by atoms with Crippen molar-refractivity contribution in [3.8, 4) is 17.1 Å². The van der Waals surface area contributed by atoms with Gasteiger partial charge in [0.05, 0.1) is 7.11 Å². The Morgan fingerprint density at radius 1 is 1.09 bits per heavy atom. The smallest absolute Gasteiger partial charge is 0.246 e. The van der Waals surface area contributed by atoms with Crippen molar-refractivity contribution in [1.29, 1.82) is 0 Å². The van der Waals surface area contributed by atoms with Crippen LogP contribution in [0.4, 0.5) is 0 Å². The summed E-state index contributed by atoms with van der Waals surface area (Å²) in [6.45, 7) is 2.60. The zero-order chi connectivity index (χ0) is 22.3. The van der Waals surface area contributed by atoms with Crippen molar-refractivity contribution in [2.24, 2.45) is 0 Å². The van der Waals surface area contributed by atoms with Gasteiger partial charge in [-0.25, -0.2) is 0 Å². The van der Waals surface area contributed by atoms with Gasteiger partial charge in [0.2, 0.25) is 11.7 Å². The van der Waals surface area contributed by atoms with Gasteiger partial charge in [0, 0.05) is 29.4 Å². The number of tetrazole rings is 1. The number of nitrogens with zero attached hydrogens (tertiary/aromatic N) is 5. The number of methoxy groups -OCH3 is 1. The fourth-order valence-corrected chi connectivity index (χ4v) is 4.30. The number of rotatable bonds is 9. The third-order valence-electron chi connectivity index (χ3n) is 5.20. The normalized spacial score (nSPS) is 11.8. The van der Waals surface area contributed by atoms with Gasteiger partial charge in [-0.1, -0.05) is 48.5 Å². The van der Waals surface area contributed by atoms with Crippen molar-refractivity contribution in [2.75, 3.05) is 7.11 Å². The Morgan fingerprint density at radius 2 is 1.88 bits per heavy atom. The van der Waals surface area contributed by atoms with E-state index in [0.29, 0.717) is 12.4 Å². The minimum Gasteiger partial charge on any atom is -0.497 e. The molecule has 4 aromatic rings. The van der Waals surface area contributed by atoms with Gasteiger partial charge >= 0.3 is 0 Å². The van der Waals surface area contributed by atoms with Crippen molar-refractivity contribution in [3.05, 3.63) is 82.6 Å². The Labute approximate surface area is 191 Å². The van der Waals surface area contributed by atoms with Crippen molar-refractivity contribution >= 4 is 17.2 Å². The predicted molar refractivity (Wildman–Crippen MR) is 124 cm³/mol. The molecule has 4 rings (SSSR count). The fourth-order valence-electron chi connectivity index (χ4n) is 3.47. The van der Waals surface area contributed by atoms with E-state index >= 15 is 0 Å². The fraction of sp³-hybridized carbons (Fsp3) is 0.250. The van der Waals surface area contributed by atoms with Crippen LogP contribution >= 0.6 is 11.3 Å². The monoisotopic (exact) mass is 447 g/mol. The molecule has 8 heteroatoms. The molecule has 0 aliphatic rings. The molecule has 0 spiro atoms. The Balaban J connectivity index is 1.51.